The Labute approximate surface area is 121 Å². The summed E-state index contributed by atoms with van der Waals surface area (Å²) in [6, 6.07) is -0.716. The van der Waals surface area contributed by atoms with E-state index in [0.717, 1.165) is 12.8 Å². The summed E-state index contributed by atoms with van der Waals surface area (Å²) >= 11 is 0. The van der Waals surface area contributed by atoms with E-state index >= 15 is 0 Å². The van der Waals surface area contributed by atoms with Crippen LogP contribution in [0.2, 0.25) is 0 Å². The van der Waals surface area contributed by atoms with Crippen molar-refractivity contribution in [2.75, 3.05) is 6.54 Å². The first-order valence-electron chi connectivity index (χ1n) is 6.38. The quantitative estimate of drug-likeness (QED) is 0.260. The van der Waals surface area contributed by atoms with Crippen LogP contribution in [-0.2, 0) is 19.2 Å². The molecule has 0 aliphatic rings. The Kier molecular flexibility index (Phi) is 13.2. The molecule has 0 aliphatic heterocycles. The molecular formula is C12H22N2O7. The van der Waals surface area contributed by atoms with Crippen molar-refractivity contribution < 1.29 is 34.5 Å². The number of Topliss-reactive ketones (excluding diaryl/α,β-unsaturated/α-hetero) is 1. The molecule has 7 N–H and O–H groups in total. The first-order chi connectivity index (χ1) is 9.72. The molecule has 122 valence electrons. The molecule has 0 amide bonds. The molecule has 0 radical (unpaired) electrons. The lowest BCUT2D eigenvalue weighted by Gasteiger charge is -2.03. The Morgan fingerprint density at radius 3 is 1.86 bits per heavy atom. The minimum atomic E-state index is -1.50. The summed E-state index contributed by atoms with van der Waals surface area (Å²) in [6.45, 7) is 0.604. The predicted molar refractivity (Wildman–Crippen MR) is 72.6 cm³/mol. The minimum absolute atomic E-state index is 0.0838. The van der Waals surface area contributed by atoms with E-state index in [4.69, 9.17) is 26.8 Å². The standard InChI is InChI=1S/C6H14N2O2.C6H8O5/c7-4-2-1-3-5(8)6(9)10;7-4(6(10)11)2-1-3-5(8)9/h5H,1-4,7-8H2,(H,9,10);1-3H2,(H,8,9)(H,10,11)/t5-;/m0./s1. The van der Waals surface area contributed by atoms with Crippen molar-refractivity contribution in [1.82, 2.24) is 0 Å². The molecule has 9 heteroatoms. The van der Waals surface area contributed by atoms with Crippen molar-refractivity contribution in [3.8, 4) is 0 Å². The van der Waals surface area contributed by atoms with Crippen LogP contribution in [0.15, 0.2) is 0 Å². The van der Waals surface area contributed by atoms with Crippen molar-refractivity contribution in [1.29, 1.82) is 0 Å². The fourth-order valence-corrected chi connectivity index (χ4v) is 1.14. The van der Waals surface area contributed by atoms with E-state index in [0.29, 0.717) is 13.0 Å². The second-order valence-corrected chi connectivity index (χ2v) is 4.20. The average molecular weight is 306 g/mol. The van der Waals surface area contributed by atoms with Crippen molar-refractivity contribution >= 4 is 23.7 Å². The van der Waals surface area contributed by atoms with Crippen LogP contribution in [0.3, 0.4) is 0 Å². The fraction of sp³-hybridized carbons (Fsp3) is 0.667. The number of carbonyl (C=O) groups is 4. The lowest BCUT2D eigenvalue weighted by Crippen LogP contribution is -2.29. The Balaban J connectivity index is 0. The van der Waals surface area contributed by atoms with Gasteiger partial charge in [-0.15, -0.1) is 0 Å². The third-order valence-corrected chi connectivity index (χ3v) is 2.32. The molecule has 21 heavy (non-hydrogen) atoms. The van der Waals surface area contributed by atoms with Gasteiger partial charge in [-0.3, -0.25) is 14.4 Å². The van der Waals surface area contributed by atoms with Crippen LogP contribution in [-0.4, -0.2) is 51.6 Å². The SMILES string of the molecule is NCCCC[C@H](N)C(=O)O.O=C(O)CCCC(=O)C(=O)O. The average Bonchev–Trinajstić information content (AvgIpc) is 2.38. The molecule has 0 unspecified atom stereocenters. The molecule has 0 heterocycles. The third kappa shape index (κ3) is 15.9. The smallest absolute Gasteiger partial charge is 0.372 e. The Morgan fingerprint density at radius 2 is 1.48 bits per heavy atom. The summed E-state index contributed by atoms with van der Waals surface area (Å²) in [7, 11) is 0. The maximum atomic E-state index is 10.3. The van der Waals surface area contributed by atoms with Gasteiger partial charge in [-0.25, -0.2) is 4.79 Å². The molecule has 0 aromatic carbocycles. The molecule has 1 atom stereocenters. The summed E-state index contributed by atoms with van der Waals surface area (Å²) in [5.74, 6) is -4.40. The molecule has 9 nitrogen and oxygen atoms in total. The van der Waals surface area contributed by atoms with E-state index in [2.05, 4.69) is 0 Å². The highest BCUT2D eigenvalue weighted by Gasteiger charge is 2.11. The number of aliphatic carboxylic acids is 3. The van der Waals surface area contributed by atoms with E-state index in [1.165, 1.54) is 0 Å². The van der Waals surface area contributed by atoms with Crippen LogP contribution >= 0.6 is 0 Å². The number of carbonyl (C=O) groups excluding carboxylic acids is 1. The number of hydrogen-bond donors (Lipinski definition) is 5. The van der Waals surface area contributed by atoms with Gasteiger partial charge in [0.15, 0.2) is 0 Å². The monoisotopic (exact) mass is 306 g/mol. The van der Waals surface area contributed by atoms with Crippen molar-refractivity contribution in [2.24, 2.45) is 11.5 Å². The van der Waals surface area contributed by atoms with Crippen molar-refractivity contribution in [3.63, 3.8) is 0 Å². The van der Waals surface area contributed by atoms with Crippen molar-refractivity contribution in [3.05, 3.63) is 0 Å². The highest BCUT2D eigenvalue weighted by atomic mass is 16.4. The fourth-order valence-electron chi connectivity index (χ4n) is 1.14. The first-order valence-corrected chi connectivity index (χ1v) is 6.38. The molecule has 0 rings (SSSR count). The first kappa shape index (κ1) is 21.3. The molecule has 0 aromatic heterocycles. The zero-order valence-corrected chi connectivity index (χ0v) is 11.7. The largest absolute Gasteiger partial charge is 0.481 e. The summed E-state index contributed by atoms with van der Waals surface area (Å²) in [5.41, 5.74) is 10.4. The number of ketones is 1. The molecule has 0 saturated carbocycles. The van der Waals surface area contributed by atoms with Crippen LogP contribution in [0.5, 0.6) is 0 Å². The lowest BCUT2D eigenvalue weighted by molar-refractivity contribution is -0.149. The van der Waals surface area contributed by atoms with Gasteiger partial charge in [0, 0.05) is 12.8 Å². The highest BCUT2D eigenvalue weighted by molar-refractivity contribution is 6.32. The van der Waals surface area contributed by atoms with E-state index < -0.39 is 29.7 Å². The molecule has 0 bridgehead atoms. The lowest BCUT2D eigenvalue weighted by atomic mass is 10.1. The second kappa shape index (κ2) is 13.0. The molecule has 0 fully saturated rings. The van der Waals surface area contributed by atoms with E-state index in [1.54, 1.807) is 0 Å². The van der Waals surface area contributed by atoms with Crippen LogP contribution in [0.1, 0.15) is 38.5 Å². The van der Waals surface area contributed by atoms with Gasteiger partial charge in [0.2, 0.25) is 5.78 Å². The molecule has 0 saturated heterocycles. The molecule has 0 aromatic rings. The summed E-state index contributed by atoms with van der Waals surface area (Å²) in [5, 5.41) is 24.5. The predicted octanol–water partition coefficient (Wildman–Crippen LogP) is -0.578. The Morgan fingerprint density at radius 1 is 0.905 bits per heavy atom. The zero-order valence-electron chi connectivity index (χ0n) is 11.7. The number of nitrogens with two attached hydrogens (primary N) is 2. The van der Waals surface area contributed by atoms with E-state index in [9.17, 15) is 19.2 Å². The van der Waals surface area contributed by atoms with E-state index in [1.807, 2.05) is 0 Å². The Hall–Kier alpha value is -2.00. The zero-order chi connectivity index (χ0) is 16.8. The van der Waals surface area contributed by atoms with Gasteiger partial charge in [-0.1, -0.05) is 6.42 Å². The number of hydrogen-bond acceptors (Lipinski definition) is 6. The third-order valence-electron chi connectivity index (χ3n) is 2.32. The molecular weight excluding hydrogens is 284 g/mol. The van der Waals surface area contributed by atoms with Crippen LogP contribution in [0.25, 0.3) is 0 Å². The molecule has 0 spiro atoms. The van der Waals surface area contributed by atoms with Gasteiger partial charge < -0.3 is 26.8 Å². The minimum Gasteiger partial charge on any atom is -0.481 e. The number of unbranched alkanes of at least 4 members (excludes halogenated alkanes) is 1. The maximum absolute atomic E-state index is 10.3. The van der Waals surface area contributed by atoms with Gasteiger partial charge in [0.05, 0.1) is 0 Å². The maximum Gasteiger partial charge on any atom is 0.372 e. The van der Waals surface area contributed by atoms with Crippen LogP contribution in [0.4, 0.5) is 0 Å². The number of carboxylic acid groups (broad SMARTS) is 3. The Bertz CT molecular complexity index is 358. The van der Waals surface area contributed by atoms with Crippen LogP contribution < -0.4 is 11.5 Å². The molecule has 0 aliphatic carbocycles. The second-order valence-electron chi connectivity index (χ2n) is 4.20. The summed E-state index contributed by atoms with van der Waals surface area (Å²) in [4.78, 5) is 40.2. The van der Waals surface area contributed by atoms with Gasteiger partial charge in [-0.05, 0) is 25.8 Å². The van der Waals surface area contributed by atoms with Gasteiger partial charge >= 0.3 is 17.9 Å². The van der Waals surface area contributed by atoms with Crippen molar-refractivity contribution in [2.45, 2.75) is 44.6 Å². The summed E-state index contributed by atoms with van der Waals surface area (Å²) in [6.07, 6.45) is 1.87. The van der Waals surface area contributed by atoms with E-state index in [-0.39, 0.29) is 19.3 Å². The van der Waals surface area contributed by atoms with Gasteiger partial charge in [-0.2, -0.15) is 0 Å². The van der Waals surface area contributed by atoms with Gasteiger partial charge in [0.25, 0.3) is 0 Å². The van der Waals surface area contributed by atoms with Crippen LogP contribution in [0, 0.1) is 0 Å². The highest BCUT2D eigenvalue weighted by Crippen LogP contribution is 1.97. The number of carboxylic acids is 3. The topological polar surface area (TPSA) is 181 Å². The number of rotatable bonds is 10. The normalized spacial score (nSPS) is 11.0. The summed E-state index contributed by atoms with van der Waals surface area (Å²) < 4.78 is 0. The van der Waals surface area contributed by atoms with Gasteiger partial charge in [0.1, 0.15) is 6.04 Å².